The molecule has 1 rings (SSSR count). The second-order valence-corrected chi connectivity index (χ2v) is 5.08. The van der Waals surface area contributed by atoms with Gasteiger partial charge in [-0.05, 0) is 21.0 Å². The third-order valence-corrected chi connectivity index (χ3v) is 2.63. The van der Waals surface area contributed by atoms with Crippen LogP contribution in [0.3, 0.4) is 0 Å². The molecule has 0 aliphatic carbocycles. The highest BCUT2D eigenvalue weighted by Gasteiger charge is 2.22. The lowest BCUT2D eigenvalue weighted by molar-refractivity contribution is 0.0459. The number of halogens is 1. The molecule has 7 heteroatoms. The first-order chi connectivity index (χ1) is 8.35. The zero-order valence-corrected chi connectivity index (χ0v) is 11.9. The van der Waals surface area contributed by atoms with Crippen molar-refractivity contribution in [1.82, 2.24) is 14.9 Å². The van der Waals surface area contributed by atoms with E-state index < -0.39 is 5.60 Å². The fourth-order valence-electron chi connectivity index (χ4n) is 1.73. The van der Waals surface area contributed by atoms with Crippen LogP contribution in [0.2, 0.25) is 5.15 Å². The van der Waals surface area contributed by atoms with Crippen LogP contribution < -0.4 is 10.6 Å². The number of hydrogen-bond acceptors (Lipinski definition) is 6. The summed E-state index contributed by atoms with van der Waals surface area (Å²) in [7, 11) is 5.57. The Balaban J connectivity index is 2.71. The fourth-order valence-corrected chi connectivity index (χ4v) is 1.96. The van der Waals surface area contributed by atoms with Crippen LogP contribution in [0.4, 0.5) is 11.5 Å². The zero-order chi connectivity index (χ0) is 13.8. The third-order valence-electron chi connectivity index (χ3n) is 2.34. The van der Waals surface area contributed by atoms with Gasteiger partial charge in [0.15, 0.2) is 11.0 Å². The van der Waals surface area contributed by atoms with Gasteiger partial charge >= 0.3 is 0 Å². The maximum absolute atomic E-state index is 10.2. The molecule has 102 valence electrons. The minimum atomic E-state index is -0.855. The van der Waals surface area contributed by atoms with Crippen molar-refractivity contribution in [2.45, 2.75) is 12.5 Å². The first-order valence-electron chi connectivity index (χ1n) is 5.65. The summed E-state index contributed by atoms with van der Waals surface area (Å²) in [5.41, 5.74) is -0.230. The van der Waals surface area contributed by atoms with Gasteiger partial charge in [-0.1, -0.05) is 11.6 Å². The molecule has 0 spiro atoms. The molecule has 0 radical (unpaired) electrons. The van der Waals surface area contributed by atoms with Crippen LogP contribution in [-0.4, -0.2) is 59.8 Å². The van der Waals surface area contributed by atoms with Crippen LogP contribution in [0.1, 0.15) is 6.92 Å². The Hall–Kier alpha value is -1.11. The van der Waals surface area contributed by atoms with E-state index in [4.69, 9.17) is 11.6 Å². The second kappa shape index (κ2) is 6.17. The number of hydrogen-bond donors (Lipinski definition) is 3. The SMILES string of the molecule is CNc1c(Cl)ncnc1NCC(C)(O)CN(C)C. The van der Waals surface area contributed by atoms with E-state index in [1.807, 2.05) is 19.0 Å². The molecule has 3 N–H and O–H groups in total. The van der Waals surface area contributed by atoms with Crippen LogP contribution in [0, 0.1) is 0 Å². The molecule has 0 aromatic carbocycles. The van der Waals surface area contributed by atoms with Crippen molar-refractivity contribution in [3.05, 3.63) is 11.5 Å². The van der Waals surface area contributed by atoms with E-state index in [1.54, 1.807) is 14.0 Å². The average molecular weight is 274 g/mol. The van der Waals surface area contributed by atoms with Crippen molar-refractivity contribution in [1.29, 1.82) is 0 Å². The highest BCUT2D eigenvalue weighted by Crippen LogP contribution is 2.25. The van der Waals surface area contributed by atoms with E-state index in [0.717, 1.165) is 0 Å². The van der Waals surface area contributed by atoms with Crippen molar-refractivity contribution in [2.75, 3.05) is 44.9 Å². The van der Waals surface area contributed by atoms with Gasteiger partial charge in [0.1, 0.15) is 12.0 Å². The predicted molar refractivity (Wildman–Crippen MR) is 74.3 cm³/mol. The van der Waals surface area contributed by atoms with Gasteiger partial charge in [-0.3, -0.25) is 0 Å². The number of anilines is 2. The van der Waals surface area contributed by atoms with Gasteiger partial charge in [0.2, 0.25) is 0 Å². The number of rotatable bonds is 6. The molecule has 1 aromatic rings. The van der Waals surface area contributed by atoms with E-state index in [2.05, 4.69) is 20.6 Å². The third kappa shape index (κ3) is 4.29. The molecule has 0 bridgehead atoms. The molecule has 0 aliphatic heterocycles. The molecule has 1 unspecified atom stereocenters. The zero-order valence-electron chi connectivity index (χ0n) is 11.2. The Morgan fingerprint density at radius 3 is 2.67 bits per heavy atom. The summed E-state index contributed by atoms with van der Waals surface area (Å²) < 4.78 is 0. The van der Waals surface area contributed by atoms with Crippen molar-refractivity contribution in [2.24, 2.45) is 0 Å². The summed E-state index contributed by atoms with van der Waals surface area (Å²) in [6, 6.07) is 0. The number of aromatic nitrogens is 2. The van der Waals surface area contributed by atoms with Gasteiger partial charge in [0.05, 0.1) is 5.60 Å². The molecule has 0 saturated carbocycles. The van der Waals surface area contributed by atoms with Gasteiger partial charge in [-0.25, -0.2) is 9.97 Å². The predicted octanol–water partition coefficient (Wildman–Crippen LogP) is 0.896. The molecule has 0 aliphatic rings. The van der Waals surface area contributed by atoms with Gasteiger partial charge in [0.25, 0.3) is 0 Å². The molecular weight excluding hydrogens is 254 g/mol. The summed E-state index contributed by atoms with van der Waals surface area (Å²) in [6.45, 7) is 2.68. The molecule has 1 aromatic heterocycles. The normalized spacial score (nSPS) is 14.4. The fraction of sp³-hybridized carbons (Fsp3) is 0.636. The minimum absolute atomic E-state index is 0.349. The lowest BCUT2D eigenvalue weighted by atomic mass is 10.1. The second-order valence-electron chi connectivity index (χ2n) is 4.73. The van der Waals surface area contributed by atoms with Gasteiger partial charge in [-0.15, -0.1) is 0 Å². The monoisotopic (exact) mass is 273 g/mol. The molecular formula is C11H20ClN5O. The van der Waals surface area contributed by atoms with Crippen molar-refractivity contribution >= 4 is 23.1 Å². The summed E-state index contributed by atoms with van der Waals surface area (Å²) in [4.78, 5) is 9.91. The Kier molecular flexibility index (Phi) is 5.13. The summed E-state index contributed by atoms with van der Waals surface area (Å²) in [5, 5.41) is 16.5. The lowest BCUT2D eigenvalue weighted by Crippen LogP contribution is -2.43. The quantitative estimate of drug-likeness (QED) is 0.669. The molecule has 0 fully saturated rings. The molecule has 0 amide bonds. The van der Waals surface area contributed by atoms with Crippen molar-refractivity contribution < 1.29 is 5.11 Å². The molecule has 0 saturated heterocycles. The minimum Gasteiger partial charge on any atom is -0.387 e. The summed E-state index contributed by atoms with van der Waals surface area (Å²) in [6.07, 6.45) is 1.38. The van der Waals surface area contributed by atoms with Crippen molar-refractivity contribution in [3.8, 4) is 0 Å². The number of nitrogens with one attached hydrogen (secondary N) is 2. The van der Waals surface area contributed by atoms with E-state index in [9.17, 15) is 5.11 Å². The van der Waals surface area contributed by atoms with E-state index in [-0.39, 0.29) is 0 Å². The molecule has 18 heavy (non-hydrogen) atoms. The largest absolute Gasteiger partial charge is 0.387 e. The smallest absolute Gasteiger partial charge is 0.157 e. The van der Waals surface area contributed by atoms with Crippen LogP contribution in [0.5, 0.6) is 0 Å². The Labute approximate surface area is 112 Å². The average Bonchev–Trinajstić information content (AvgIpc) is 2.24. The first kappa shape index (κ1) is 14.9. The van der Waals surface area contributed by atoms with E-state index in [1.165, 1.54) is 6.33 Å². The van der Waals surface area contributed by atoms with Crippen LogP contribution in [0.15, 0.2) is 6.33 Å². The lowest BCUT2D eigenvalue weighted by Gasteiger charge is -2.27. The van der Waals surface area contributed by atoms with Gasteiger partial charge in [-0.2, -0.15) is 0 Å². The standard InChI is InChI=1S/C11H20ClN5O/c1-11(18,6-17(3)4)5-14-10-8(13-2)9(12)15-7-16-10/h7,13,18H,5-6H2,1-4H3,(H,14,15,16). The van der Waals surface area contributed by atoms with Crippen molar-refractivity contribution in [3.63, 3.8) is 0 Å². The maximum Gasteiger partial charge on any atom is 0.157 e. The maximum atomic E-state index is 10.2. The highest BCUT2D eigenvalue weighted by atomic mass is 35.5. The molecule has 1 heterocycles. The number of nitrogens with zero attached hydrogens (tertiary/aromatic N) is 3. The Bertz CT molecular complexity index is 397. The van der Waals surface area contributed by atoms with E-state index in [0.29, 0.717) is 29.7 Å². The van der Waals surface area contributed by atoms with Crippen LogP contribution >= 0.6 is 11.6 Å². The highest BCUT2D eigenvalue weighted by molar-refractivity contribution is 6.32. The van der Waals surface area contributed by atoms with Crippen LogP contribution in [0.25, 0.3) is 0 Å². The molecule has 6 nitrogen and oxygen atoms in total. The van der Waals surface area contributed by atoms with Gasteiger partial charge < -0.3 is 20.6 Å². The van der Waals surface area contributed by atoms with E-state index >= 15 is 0 Å². The summed E-state index contributed by atoms with van der Waals surface area (Å²) in [5.74, 6) is 0.580. The summed E-state index contributed by atoms with van der Waals surface area (Å²) >= 11 is 5.94. The number of aliphatic hydroxyl groups is 1. The first-order valence-corrected chi connectivity index (χ1v) is 6.03. The number of likely N-dealkylation sites (N-methyl/N-ethyl adjacent to an activating group) is 1. The topological polar surface area (TPSA) is 73.3 Å². The molecule has 1 atom stereocenters. The van der Waals surface area contributed by atoms with Crippen LogP contribution in [-0.2, 0) is 0 Å². The Morgan fingerprint density at radius 1 is 1.44 bits per heavy atom. The Morgan fingerprint density at radius 2 is 2.11 bits per heavy atom. The van der Waals surface area contributed by atoms with Gasteiger partial charge in [0, 0.05) is 20.1 Å².